The molecule has 1 nitrogen and oxygen atoms in total. The number of hydrogen-bond acceptors (Lipinski definition) is 1. The van der Waals surface area contributed by atoms with Gasteiger partial charge in [-0.1, -0.05) is 0 Å². The molecule has 19 heavy (non-hydrogen) atoms. The summed E-state index contributed by atoms with van der Waals surface area (Å²) in [4.78, 5) is 9.38. The third-order valence-electron chi connectivity index (χ3n) is 1.79. The molecule has 0 rings (SSSR count). The summed E-state index contributed by atoms with van der Waals surface area (Å²) in [7, 11) is 0. The summed E-state index contributed by atoms with van der Waals surface area (Å²) in [5.74, 6) is -30.1. The molecule has 0 aliphatic carbocycles. The molecule has 0 unspecified atom stereocenters. The van der Waals surface area contributed by atoms with Gasteiger partial charge in [-0.25, -0.2) is 0 Å². The van der Waals surface area contributed by atoms with Crippen molar-refractivity contribution in [1.82, 2.24) is 0 Å². The summed E-state index contributed by atoms with van der Waals surface area (Å²) in [5.41, 5.74) is 0. The van der Waals surface area contributed by atoms with E-state index in [1.54, 1.807) is 0 Å². The molecule has 0 N–H and O–H groups in total. The zero-order valence-electron chi connectivity index (χ0n) is 7.94. The lowest BCUT2D eigenvalue weighted by Crippen LogP contribution is -2.67. The summed E-state index contributed by atoms with van der Waals surface area (Å²) in [5, 5.41) is 0. The van der Waals surface area contributed by atoms with Crippen molar-refractivity contribution < 1.29 is 57.5 Å². The van der Waals surface area contributed by atoms with Gasteiger partial charge in [-0.3, -0.25) is 4.79 Å². The normalized spacial score (nSPS) is 15.6. The summed E-state index contributed by atoms with van der Waals surface area (Å²) in [6.07, 6.45) is -7.34. The van der Waals surface area contributed by atoms with Crippen LogP contribution in [0.3, 0.4) is 0 Å². The van der Waals surface area contributed by atoms with E-state index >= 15 is 0 Å². The lowest BCUT2D eigenvalue weighted by Gasteiger charge is -2.35. The Morgan fingerprint density at radius 2 is 0.895 bits per heavy atom. The molecule has 0 fully saturated rings. The summed E-state index contributed by atoms with van der Waals surface area (Å²) >= 11 is 0. The first kappa shape index (κ1) is 17.8. The van der Waals surface area contributed by atoms with Gasteiger partial charge in [0.05, 0.1) is 0 Å². The van der Waals surface area contributed by atoms with Crippen molar-refractivity contribution in [3.05, 3.63) is 0 Å². The molecular formula is C6F12O. The Morgan fingerprint density at radius 3 is 1.11 bits per heavy atom. The fourth-order valence-electron chi connectivity index (χ4n) is 0.696. The van der Waals surface area contributed by atoms with E-state index in [0.29, 0.717) is 0 Å². The molecule has 13 heteroatoms. The lowest BCUT2D eigenvalue weighted by atomic mass is 9.98. The fourth-order valence-corrected chi connectivity index (χ4v) is 0.696. The molecule has 0 aliphatic heterocycles. The minimum absolute atomic E-state index is 4.49. The van der Waals surface area contributed by atoms with E-state index in [2.05, 4.69) is 0 Å². The highest BCUT2D eigenvalue weighted by Crippen LogP contribution is 2.57. The maximum atomic E-state index is 12.3. The number of carbonyl (C=O) groups is 1. The maximum absolute atomic E-state index is 12.3. The van der Waals surface area contributed by atoms with Crippen LogP contribution in [0.1, 0.15) is 0 Å². The Labute approximate surface area is 94.7 Å². The van der Waals surface area contributed by atoms with Crippen molar-refractivity contribution in [1.29, 1.82) is 0 Å². The molecule has 0 aliphatic rings. The quantitative estimate of drug-likeness (QED) is 0.572. The molecular weight excluding hydrogens is 316 g/mol. The summed E-state index contributed by atoms with van der Waals surface area (Å²) in [6.45, 7) is 0. The highest BCUT2D eigenvalue weighted by atomic mass is 19.4. The maximum Gasteiger partial charge on any atom is 0.460 e. The molecule has 0 aromatic heterocycles. The van der Waals surface area contributed by atoms with Crippen LogP contribution in [-0.4, -0.2) is 35.9 Å². The van der Waals surface area contributed by atoms with E-state index in [1.165, 1.54) is 0 Å². The SMILES string of the molecule is O=C(F)C(F)(F)C(F)(F)C(F)(F)C(F)(F)C(F)(F)F. The molecule has 0 amide bonds. The number of hydrogen-bond donors (Lipinski definition) is 0. The predicted octanol–water partition coefficient (Wildman–Crippen LogP) is 3.59. The van der Waals surface area contributed by atoms with Crippen molar-refractivity contribution in [2.24, 2.45) is 0 Å². The van der Waals surface area contributed by atoms with E-state index in [1.807, 2.05) is 0 Å². The molecule has 0 heterocycles. The predicted molar refractivity (Wildman–Crippen MR) is 32.0 cm³/mol. The molecule has 0 bridgehead atoms. The molecule has 0 radical (unpaired) electrons. The highest BCUT2D eigenvalue weighted by molar-refractivity contribution is 5.78. The van der Waals surface area contributed by atoms with Gasteiger partial charge in [-0.2, -0.15) is 52.7 Å². The van der Waals surface area contributed by atoms with E-state index in [-0.39, 0.29) is 0 Å². The first-order valence-electron chi connectivity index (χ1n) is 3.72. The van der Waals surface area contributed by atoms with Crippen molar-refractivity contribution in [3.8, 4) is 0 Å². The van der Waals surface area contributed by atoms with Crippen LogP contribution in [0, 0.1) is 0 Å². The van der Waals surface area contributed by atoms with Crippen LogP contribution in [0.4, 0.5) is 52.7 Å². The molecule has 0 aromatic rings. The fraction of sp³-hybridized carbons (Fsp3) is 0.833. The minimum Gasteiger partial charge on any atom is -0.254 e. The molecule has 0 aromatic carbocycles. The second-order valence-electron chi connectivity index (χ2n) is 3.07. The van der Waals surface area contributed by atoms with Gasteiger partial charge in [0, 0.05) is 0 Å². The number of carbonyl (C=O) groups excluding carboxylic acids is 1. The van der Waals surface area contributed by atoms with Gasteiger partial charge in [-0.15, -0.1) is 0 Å². The monoisotopic (exact) mass is 316 g/mol. The van der Waals surface area contributed by atoms with E-state index in [9.17, 15) is 57.5 Å². The van der Waals surface area contributed by atoms with E-state index in [4.69, 9.17) is 0 Å². The first-order chi connectivity index (χ1) is 7.94. The second-order valence-corrected chi connectivity index (χ2v) is 3.07. The third-order valence-corrected chi connectivity index (χ3v) is 1.79. The van der Waals surface area contributed by atoms with Crippen LogP contribution in [0.25, 0.3) is 0 Å². The average molecular weight is 316 g/mol. The second kappa shape index (κ2) is 4.16. The van der Waals surface area contributed by atoms with E-state index < -0.39 is 35.9 Å². The van der Waals surface area contributed by atoms with Gasteiger partial charge >= 0.3 is 35.9 Å². The minimum atomic E-state index is -7.76. The smallest absolute Gasteiger partial charge is 0.254 e. The van der Waals surface area contributed by atoms with Gasteiger partial charge in [-0.05, 0) is 0 Å². The molecule has 0 spiro atoms. The Hall–Kier alpha value is -1.17. The Morgan fingerprint density at radius 1 is 0.579 bits per heavy atom. The summed E-state index contributed by atoms with van der Waals surface area (Å²) < 4.78 is 143. The molecule has 0 saturated heterocycles. The van der Waals surface area contributed by atoms with Gasteiger partial charge < -0.3 is 0 Å². The number of halogens is 12. The van der Waals surface area contributed by atoms with Crippen LogP contribution in [-0.2, 0) is 4.79 Å². The van der Waals surface area contributed by atoms with Crippen molar-refractivity contribution >= 4 is 6.04 Å². The van der Waals surface area contributed by atoms with Gasteiger partial charge in [0.15, 0.2) is 0 Å². The zero-order valence-corrected chi connectivity index (χ0v) is 7.94. The Kier molecular flexibility index (Phi) is 3.91. The highest BCUT2D eigenvalue weighted by Gasteiger charge is 2.88. The molecule has 0 saturated carbocycles. The van der Waals surface area contributed by atoms with Crippen LogP contribution in [0.2, 0.25) is 0 Å². The van der Waals surface area contributed by atoms with E-state index in [0.717, 1.165) is 0 Å². The lowest BCUT2D eigenvalue weighted by molar-refractivity contribution is -0.417. The number of alkyl halides is 11. The Balaban J connectivity index is 5.99. The zero-order chi connectivity index (χ0) is 16.1. The van der Waals surface area contributed by atoms with Crippen LogP contribution in [0.15, 0.2) is 0 Å². The van der Waals surface area contributed by atoms with Gasteiger partial charge in [0.25, 0.3) is 0 Å². The van der Waals surface area contributed by atoms with Gasteiger partial charge in [0.2, 0.25) is 0 Å². The van der Waals surface area contributed by atoms with Crippen molar-refractivity contribution in [3.63, 3.8) is 0 Å². The Bertz CT molecular complexity index is 365. The van der Waals surface area contributed by atoms with Crippen LogP contribution >= 0.6 is 0 Å². The standard InChI is InChI=1S/C6F12O/c7-1(19)2(8,9)3(10,11)4(12,13)5(14,15)6(16,17)18. The third kappa shape index (κ3) is 2.22. The number of rotatable bonds is 4. The summed E-state index contributed by atoms with van der Waals surface area (Å²) in [6, 6.07) is -4.49. The molecule has 114 valence electrons. The topological polar surface area (TPSA) is 17.1 Å². The van der Waals surface area contributed by atoms with Crippen molar-refractivity contribution in [2.75, 3.05) is 0 Å². The van der Waals surface area contributed by atoms with Crippen LogP contribution in [0.5, 0.6) is 0 Å². The molecule has 0 atom stereocenters. The largest absolute Gasteiger partial charge is 0.460 e. The van der Waals surface area contributed by atoms with Crippen LogP contribution < -0.4 is 0 Å². The van der Waals surface area contributed by atoms with Crippen molar-refractivity contribution in [2.45, 2.75) is 29.9 Å². The first-order valence-corrected chi connectivity index (χ1v) is 3.72. The van der Waals surface area contributed by atoms with Gasteiger partial charge in [0.1, 0.15) is 0 Å². The average Bonchev–Trinajstić information content (AvgIpc) is 2.14.